The van der Waals surface area contributed by atoms with E-state index < -0.39 is 0 Å². The number of amides is 1. The van der Waals surface area contributed by atoms with Crippen LogP contribution in [0.25, 0.3) is 22.0 Å². The Labute approximate surface area is 217 Å². The van der Waals surface area contributed by atoms with Gasteiger partial charge in [0.1, 0.15) is 5.82 Å². The fourth-order valence-electron chi connectivity index (χ4n) is 4.84. The highest BCUT2D eigenvalue weighted by Gasteiger charge is 2.19. The fourth-order valence-corrected chi connectivity index (χ4v) is 4.84. The molecule has 192 valence electrons. The average Bonchev–Trinajstić information content (AvgIpc) is 3.19. The molecule has 2 aromatic carbocycles. The molecule has 0 fully saturated rings. The molecule has 1 amide bonds. The number of hydrogen-bond acceptors (Lipinski definition) is 4. The van der Waals surface area contributed by atoms with Crippen LogP contribution in [0.3, 0.4) is 0 Å². The normalized spacial score (nSPS) is 11.5. The molecule has 0 saturated heterocycles. The molecule has 7 heteroatoms. The number of carbonyl (C=O) groups is 1. The molecule has 0 bridgehead atoms. The van der Waals surface area contributed by atoms with Gasteiger partial charge < -0.3 is 19.8 Å². The lowest BCUT2D eigenvalue weighted by Gasteiger charge is -2.15. The van der Waals surface area contributed by atoms with Crippen LogP contribution in [0.2, 0.25) is 0 Å². The monoisotopic (exact) mass is 497 g/mol. The van der Waals surface area contributed by atoms with Gasteiger partial charge in [-0.3, -0.25) is 9.59 Å². The molecule has 2 aromatic heterocycles. The molecule has 0 radical (unpaired) electrons. The Hall–Kier alpha value is -3.97. The molecule has 7 nitrogen and oxygen atoms in total. The van der Waals surface area contributed by atoms with Crippen LogP contribution in [0, 0.1) is 13.8 Å². The summed E-state index contributed by atoms with van der Waals surface area (Å²) in [4.78, 5) is 34.8. The first-order valence-electron chi connectivity index (χ1n) is 12.5. The van der Waals surface area contributed by atoms with E-state index in [1.807, 2.05) is 34.0 Å². The third-order valence-corrected chi connectivity index (χ3v) is 6.62. The van der Waals surface area contributed by atoms with Gasteiger partial charge in [-0.2, -0.15) is 0 Å². The van der Waals surface area contributed by atoms with Gasteiger partial charge >= 0.3 is 0 Å². The molecular formula is C30H35N5O2. The number of hydrogen-bond donors (Lipinski definition) is 2. The topological polar surface area (TPSA) is 82.5 Å². The minimum atomic E-state index is -0.276. The summed E-state index contributed by atoms with van der Waals surface area (Å²) in [5.41, 5.74) is 6.88. The van der Waals surface area contributed by atoms with E-state index in [1.165, 1.54) is 5.56 Å². The van der Waals surface area contributed by atoms with Crippen LogP contribution < -0.4 is 10.9 Å². The first-order chi connectivity index (χ1) is 17.6. The van der Waals surface area contributed by atoms with E-state index in [4.69, 9.17) is 0 Å². The van der Waals surface area contributed by atoms with Gasteiger partial charge in [-0.25, -0.2) is 4.99 Å². The Balaban J connectivity index is 1.79. The lowest BCUT2D eigenvalue weighted by atomic mass is 9.97. The predicted molar refractivity (Wildman–Crippen MR) is 152 cm³/mol. The third-order valence-electron chi connectivity index (χ3n) is 6.62. The SMILES string of the molecule is C=Nc1cc(C)c(CNC(=O)c2cc(-c3cccc(CN(C)C)c3)cc3c2c(C)cn3C(C)C)c(=O)[nH]1. The highest BCUT2D eigenvalue weighted by Crippen LogP contribution is 2.33. The van der Waals surface area contributed by atoms with Crippen LogP contribution in [-0.4, -0.2) is 41.2 Å². The zero-order chi connectivity index (χ0) is 26.9. The van der Waals surface area contributed by atoms with Crippen molar-refractivity contribution in [3.63, 3.8) is 0 Å². The fraction of sp³-hybridized carbons (Fsp3) is 0.300. The number of benzene rings is 2. The van der Waals surface area contributed by atoms with Gasteiger partial charge in [-0.15, -0.1) is 0 Å². The number of aromatic nitrogens is 2. The summed E-state index contributed by atoms with van der Waals surface area (Å²) in [6.45, 7) is 12.6. The molecule has 4 rings (SSSR count). The molecule has 2 N–H and O–H groups in total. The van der Waals surface area contributed by atoms with Crippen molar-refractivity contribution in [2.75, 3.05) is 14.1 Å². The Bertz CT molecular complexity index is 1540. The second kappa shape index (κ2) is 10.6. The van der Waals surface area contributed by atoms with Gasteiger partial charge in [0.2, 0.25) is 0 Å². The summed E-state index contributed by atoms with van der Waals surface area (Å²) < 4.78 is 2.21. The standard InChI is InChI=1S/C30H35N5O2/c1-18(2)35-16-20(4)28-24(29(36)32-15-25-19(3)11-27(31-5)33-30(25)37)13-23(14-26(28)35)22-10-8-9-21(12-22)17-34(6)7/h8-14,16,18H,5,15,17H2,1-4,6-7H3,(H,32,36)(H,33,37). The maximum absolute atomic E-state index is 13.6. The Kier molecular flexibility index (Phi) is 7.45. The Morgan fingerprint density at radius 3 is 2.51 bits per heavy atom. The maximum Gasteiger partial charge on any atom is 0.254 e. The molecule has 37 heavy (non-hydrogen) atoms. The number of nitrogens with one attached hydrogen (secondary N) is 2. The zero-order valence-corrected chi connectivity index (χ0v) is 22.5. The van der Waals surface area contributed by atoms with E-state index in [0.717, 1.165) is 39.7 Å². The molecule has 0 atom stereocenters. The van der Waals surface area contributed by atoms with Crippen molar-refractivity contribution in [3.8, 4) is 11.1 Å². The highest BCUT2D eigenvalue weighted by molar-refractivity contribution is 6.09. The van der Waals surface area contributed by atoms with Crippen molar-refractivity contribution in [1.29, 1.82) is 0 Å². The van der Waals surface area contributed by atoms with E-state index in [0.29, 0.717) is 16.9 Å². The first kappa shape index (κ1) is 26.1. The molecular weight excluding hydrogens is 462 g/mol. The minimum absolute atomic E-state index is 0.116. The van der Waals surface area contributed by atoms with Crippen molar-refractivity contribution in [1.82, 2.24) is 19.8 Å². The van der Waals surface area contributed by atoms with Crippen molar-refractivity contribution >= 4 is 29.3 Å². The number of aromatic amines is 1. The predicted octanol–water partition coefficient (Wildman–Crippen LogP) is 5.52. The second-order valence-electron chi connectivity index (χ2n) is 10.2. The smallest absolute Gasteiger partial charge is 0.254 e. The number of carbonyl (C=O) groups excluding carboxylic acids is 1. The lowest BCUT2D eigenvalue weighted by molar-refractivity contribution is 0.0952. The van der Waals surface area contributed by atoms with Crippen LogP contribution in [0.1, 0.15) is 52.5 Å². The summed E-state index contributed by atoms with van der Waals surface area (Å²) >= 11 is 0. The Morgan fingerprint density at radius 2 is 1.86 bits per heavy atom. The molecule has 0 aliphatic carbocycles. The van der Waals surface area contributed by atoms with Crippen LogP contribution >= 0.6 is 0 Å². The maximum atomic E-state index is 13.6. The quantitative estimate of drug-likeness (QED) is 0.315. The number of aryl methyl sites for hydroxylation is 2. The summed E-state index contributed by atoms with van der Waals surface area (Å²) in [5, 5.41) is 3.91. The van der Waals surface area contributed by atoms with Crippen LogP contribution in [0.15, 0.2) is 58.4 Å². The van der Waals surface area contributed by atoms with Gasteiger partial charge in [-0.05, 0) is 101 Å². The number of H-pyrrole nitrogens is 1. The van der Waals surface area contributed by atoms with Gasteiger partial charge in [0.15, 0.2) is 0 Å². The first-order valence-corrected chi connectivity index (χ1v) is 12.5. The molecule has 0 aliphatic heterocycles. The largest absolute Gasteiger partial charge is 0.348 e. The van der Waals surface area contributed by atoms with Crippen molar-refractivity contribution < 1.29 is 4.79 Å². The van der Waals surface area contributed by atoms with E-state index in [2.05, 4.69) is 81.9 Å². The molecule has 2 heterocycles. The van der Waals surface area contributed by atoms with Crippen molar-refractivity contribution in [2.24, 2.45) is 4.99 Å². The molecule has 0 unspecified atom stereocenters. The van der Waals surface area contributed by atoms with Crippen molar-refractivity contribution in [2.45, 2.75) is 46.8 Å². The Morgan fingerprint density at radius 1 is 1.11 bits per heavy atom. The average molecular weight is 498 g/mol. The van der Waals surface area contributed by atoms with E-state index in [-0.39, 0.29) is 24.1 Å². The number of pyridine rings is 1. The number of aliphatic imine (C=N–C) groups is 1. The van der Waals surface area contributed by atoms with E-state index >= 15 is 0 Å². The molecule has 0 aliphatic rings. The summed E-state index contributed by atoms with van der Waals surface area (Å²) in [6, 6.07) is 14.6. The molecule has 0 spiro atoms. The summed E-state index contributed by atoms with van der Waals surface area (Å²) in [7, 11) is 4.10. The van der Waals surface area contributed by atoms with Gasteiger partial charge in [0.05, 0.1) is 0 Å². The summed E-state index contributed by atoms with van der Waals surface area (Å²) in [6.07, 6.45) is 2.11. The van der Waals surface area contributed by atoms with Gasteiger partial charge in [-0.1, -0.05) is 18.2 Å². The van der Waals surface area contributed by atoms with Crippen LogP contribution in [0.4, 0.5) is 5.82 Å². The zero-order valence-electron chi connectivity index (χ0n) is 22.5. The molecule has 0 saturated carbocycles. The third kappa shape index (κ3) is 5.42. The second-order valence-corrected chi connectivity index (χ2v) is 10.2. The summed E-state index contributed by atoms with van der Waals surface area (Å²) in [5.74, 6) is 0.194. The van der Waals surface area contributed by atoms with Crippen molar-refractivity contribution in [3.05, 3.63) is 86.8 Å². The van der Waals surface area contributed by atoms with Crippen LogP contribution in [0.5, 0.6) is 0 Å². The number of nitrogens with zero attached hydrogens (tertiary/aromatic N) is 3. The lowest BCUT2D eigenvalue weighted by Crippen LogP contribution is -2.27. The minimum Gasteiger partial charge on any atom is -0.348 e. The van der Waals surface area contributed by atoms with Gasteiger partial charge in [0.25, 0.3) is 11.5 Å². The molecule has 4 aromatic rings. The van der Waals surface area contributed by atoms with E-state index in [9.17, 15) is 9.59 Å². The number of rotatable bonds is 8. The van der Waals surface area contributed by atoms with Gasteiger partial charge in [0, 0.05) is 47.4 Å². The highest BCUT2D eigenvalue weighted by atomic mass is 16.1. The number of fused-ring (bicyclic) bond motifs is 1. The van der Waals surface area contributed by atoms with Crippen LogP contribution in [-0.2, 0) is 13.1 Å². The van der Waals surface area contributed by atoms with E-state index in [1.54, 1.807) is 6.07 Å².